The monoisotopic (exact) mass is 355 g/mol. The number of likely N-dealkylation sites (tertiary alicyclic amines) is 1. The first kappa shape index (κ1) is 17.9. The highest BCUT2D eigenvalue weighted by atomic mass is 19.1. The van der Waals surface area contributed by atoms with Gasteiger partial charge in [0, 0.05) is 39.3 Å². The van der Waals surface area contributed by atoms with E-state index in [4.69, 9.17) is 0 Å². The van der Waals surface area contributed by atoms with Crippen molar-refractivity contribution in [2.45, 2.75) is 13.0 Å². The summed E-state index contributed by atoms with van der Waals surface area (Å²) >= 11 is 0. The molecule has 2 aromatic carbocycles. The molecule has 2 aromatic rings. The van der Waals surface area contributed by atoms with Crippen LogP contribution in [0.3, 0.4) is 0 Å². The fourth-order valence-electron chi connectivity index (χ4n) is 3.10. The molecule has 1 heterocycles. The smallest absolute Gasteiger partial charge is 0.225 e. The van der Waals surface area contributed by atoms with Crippen molar-refractivity contribution in [1.29, 1.82) is 0 Å². The fourth-order valence-corrected chi connectivity index (χ4v) is 3.10. The van der Waals surface area contributed by atoms with Crippen LogP contribution >= 0.6 is 0 Å². The Morgan fingerprint density at radius 1 is 1.27 bits per heavy atom. The fraction of sp³-hybridized carbons (Fsp3) is 0.300. The zero-order valence-corrected chi connectivity index (χ0v) is 14.9. The van der Waals surface area contributed by atoms with Crippen LogP contribution in [0.25, 0.3) is 0 Å². The SMILES string of the molecule is CN1CC(C(=O)NCc2ccc(N(C)c3ccccc3)c(F)c2)CC1=O. The van der Waals surface area contributed by atoms with Crippen molar-refractivity contribution in [1.82, 2.24) is 10.2 Å². The van der Waals surface area contributed by atoms with Crippen LogP contribution in [0.5, 0.6) is 0 Å². The van der Waals surface area contributed by atoms with E-state index in [1.807, 2.05) is 37.4 Å². The molecule has 1 aliphatic heterocycles. The largest absolute Gasteiger partial charge is 0.352 e. The van der Waals surface area contributed by atoms with Crippen LogP contribution in [-0.2, 0) is 16.1 Å². The van der Waals surface area contributed by atoms with Crippen LogP contribution in [0.4, 0.5) is 15.8 Å². The van der Waals surface area contributed by atoms with E-state index < -0.39 is 0 Å². The molecule has 0 radical (unpaired) electrons. The molecular weight excluding hydrogens is 333 g/mol. The van der Waals surface area contributed by atoms with Gasteiger partial charge in [-0.25, -0.2) is 4.39 Å². The van der Waals surface area contributed by atoms with E-state index in [2.05, 4.69) is 5.32 Å². The molecule has 1 saturated heterocycles. The van der Waals surface area contributed by atoms with E-state index in [9.17, 15) is 14.0 Å². The van der Waals surface area contributed by atoms with E-state index in [0.717, 1.165) is 5.69 Å². The second-order valence-corrected chi connectivity index (χ2v) is 6.57. The highest BCUT2D eigenvalue weighted by molar-refractivity contribution is 5.89. The van der Waals surface area contributed by atoms with Gasteiger partial charge >= 0.3 is 0 Å². The predicted molar refractivity (Wildman–Crippen MR) is 98.5 cm³/mol. The number of amides is 2. The standard InChI is InChI=1S/C20H22FN3O2/c1-23-13-15(11-19(23)25)20(26)22-12-14-8-9-18(17(21)10-14)24(2)16-6-4-3-5-7-16/h3-10,15H,11-13H2,1-2H3,(H,22,26). The van der Waals surface area contributed by atoms with Gasteiger partial charge in [0.25, 0.3) is 0 Å². The number of halogens is 1. The average molecular weight is 355 g/mol. The minimum Gasteiger partial charge on any atom is -0.352 e. The molecule has 0 aliphatic carbocycles. The summed E-state index contributed by atoms with van der Waals surface area (Å²) in [5, 5.41) is 2.79. The van der Waals surface area contributed by atoms with Crippen molar-refractivity contribution in [2.75, 3.05) is 25.5 Å². The Morgan fingerprint density at radius 2 is 2.00 bits per heavy atom. The number of benzene rings is 2. The number of rotatable bonds is 5. The van der Waals surface area contributed by atoms with Crippen molar-refractivity contribution < 1.29 is 14.0 Å². The minimum atomic E-state index is -0.348. The van der Waals surface area contributed by atoms with Gasteiger partial charge in [-0.15, -0.1) is 0 Å². The molecule has 136 valence electrons. The molecule has 0 bridgehead atoms. The second-order valence-electron chi connectivity index (χ2n) is 6.57. The lowest BCUT2D eigenvalue weighted by Crippen LogP contribution is -2.31. The number of para-hydroxylation sites is 1. The van der Waals surface area contributed by atoms with E-state index in [-0.39, 0.29) is 36.5 Å². The lowest BCUT2D eigenvalue weighted by molar-refractivity contribution is -0.128. The molecule has 0 aromatic heterocycles. The van der Waals surface area contributed by atoms with Crippen molar-refractivity contribution in [3.63, 3.8) is 0 Å². The minimum absolute atomic E-state index is 0.0236. The van der Waals surface area contributed by atoms with Crippen LogP contribution in [-0.4, -0.2) is 37.4 Å². The average Bonchev–Trinajstić information content (AvgIpc) is 2.99. The maximum Gasteiger partial charge on any atom is 0.225 e. The molecule has 6 heteroatoms. The van der Waals surface area contributed by atoms with Crippen molar-refractivity contribution in [3.05, 3.63) is 59.9 Å². The first-order valence-electron chi connectivity index (χ1n) is 8.54. The van der Waals surface area contributed by atoms with Gasteiger partial charge in [0.2, 0.25) is 11.8 Å². The van der Waals surface area contributed by atoms with Gasteiger partial charge in [0.1, 0.15) is 5.82 Å². The van der Waals surface area contributed by atoms with E-state index in [0.29, 0.717) is 17.8 Å². The summed E-state index contributed by atoms with van der Waals surface area (Å²) in [6.45, 7) is 0.666. The number of anilines is 2. The molecule has 0 saturated carbocycles. The van der Waals surface area contributed by atoms with E-state index in [1.54, 1.807) is 29.0 Å². The van der Waals surface area contributed by atoms with Gasteiger partial charge in [-0.1, -0.05) is 24.3 Å². The van der Waals surface area contributed by atoms with Crippen LogP contribution in [0, 0.1) is 11.7 Å². The molecule has 2 amide bonds. The zero-order valence-electron chi connectivity index (χ0n) is 14.9. The van der Waals surface area contributed by atoms with E-state index >= 15 is 0 Å². The number of nitrogens with one attached hydrogen (secondary N) is 1. The predicted octanol–water partition coefficient (Wildman–Crippen LogP) is 2.69. The Bertz CT molecular complexity index is 810. The maximum atomic E-state index is 14.5. The summed E-state index contributed by atoms with van der Waals surface area (Å²) in [6, 6.07) is 14.5. The van der Waals surface area contributed by atoms with Gasteiger partial charge in [-0.2, -0.15) is 0 Å². The topological polar surface area (TPSA) is 52.7 Å². The number of nitrogens with zero attached hydrogens (tertiary/aromatic N) is 2. The summed E-state index contributed by atoms with van der Waals surface area (Å²) < 4.78 is 14.5. The van der Waals surface area contributed by atoms with Crippen LogP contribution < -0.4 is 10.2 Å². The third-order valence-corrected chi connectivity index (χ3v) is 4.70. The van der Waals surface area contributed by atoms with Gasteiger partial charge < -0.3 is 15.1 Å². The molecule has 1 N–H and O–H groups in total. The van der Waals surface area contributed by atoms with Crippen molar-refractivity contribution in [3.8, 4) is 0 Å². The lowest BCUT2D eigenvalue weighted by atomic mass is 10.1. The maximum absolute atomic E-state index is 14.5. The van der Waals surface area contributed by atoms with Gasteiger partial charge in [-0.3, -0.25) is 9.59 Å². The third kappa shape index (κ3) is 3.85. The highest BCUT2D eigenvalue weighted by Gasteiger charge is 2.31. The quantitative estimate of drug-likeness (QED) is 0.897. The number of hydrogen-bond acceptors (Lipinski definition) is 3. The van der Waals surface area contributed by atoms with Crippen LogP contribution in [0.15, 0.2) is 48.5 Å². The summed E-state index contributed by atoms with van der Waals surface area (Å²) in [5.74, 6) is -0.877. The Morgan fingerprint density at radius 3 is 2.62 bits per heavy atom. The Hall–Kier alpha value is -2.89. The van der Waals surface area contributed by atoms with Crippen molar-refractivity contribution >= 4 is 23.2 Å². The lowest BCUT2D eigenvalue weighted by Gasteiger charge is -2.20. The number of hydrogen-bond donors (Lipinski definition) is 1. The molecular formula is C20H22FN3O2. The first-order valence-corrected chi connectivity index (χ1v) is 8.54. The third-order valence-electron chi connectivity index (χ3n) is 4.70. The molecule has 1 atom stereocenters. The van der Waals surface area contributed by atoms with Gasteiger partial charge in [-0.05, 0) is 29.8 Å². The first-order chi connectivity index (χ1) is 12.5. The molecule has 1 fully saturated rings. The van der Waals surface area contributed by atoms with Crippen LogP contribution in [0.1, 0.15) is 12.0 Å². The van der Waals surface area contributed by atoms with Crippen molar-refractivity contribution in [2.24, 2.45) is 5.92 Å². The molecule has 1 aliphatic rings. The van der Waals surface area contributed by atoms with Gasteiger partial charge in [0.05, 0.1) is 11.6 Å². The second kappa shape index (κ2) is 7.56. The zero-order chi connectivity index (χ0) is 18.7. The Kier molecular flexibility index (Phi) is 5.21. The molecule has 0 spiro atoms. The molecule has 1 unspecified atom stereocenters. The summed E-state index contributed by atoms with van der Waals surface area (Å²) in [6.07, 6.45) is 0.234. The Balaban J connectivity index is 1.63. The number of carbonyl (C=O) groups excluding carboxylic acids is 2. The molecule has 5 nitrogen and oxygen atoms in total. The van der Waals surface area contributed by atoms with Gasteiger partial charge in [0.15, 0.2) is 0 Å². The summed E-state index contributed by atoms with van der Waals surface area (Å²) in [5.41, 5.74) is 2.04. The summed E-state index contributed by atoms with van der Waals surface area (Å²) in [7, 11) is 3.50. The summed E-state index contributed by atoms with van der Waals surface area (Å²) in [4.78, 5) is 27.0. The Labute approximate surface area is 152 Å². The van der Waals surface area contributed by atoms with Crippen LogP contribution in [0.2, 0.25) is 0 Å². The van der Waals surface area contributed by atoms with E-state index in [1.165, 1.54) is 6.07 Å². The highest BCUT2D eigenvalue weighted by Crippen LogP contribution is 2.26. The normalized spacial score (nSPS) is 16.7. The molecule has 26 heavy (non-hydrogen) atoms. The number of carbonyl (C=O) groups is 2. The molecule has 3 rings (SSSR count).